The zero-order valence-corrected chi connectivity index (χ0v) is 10.7. The van der Waals surface area contributed by atoms with E-state index in [9.17, 15) is 4.79 Å². The molecule has 0 aliphatic carbocycles. The average molecular weight is 256 g/mol. The van der Waals surface area contributed by atoms with Gasteiger partial charge in [-0.25, -0.2) is 0 Å². The second kappa shape index (κ2) is 5.91. The normalized spacial score (nSPS) is 9.95. The highest BCUT2D eigenvalue weighted by molar-refractivity contribution is 5.94. The van der Waals surface area contributed by atoms with Gasteiger partial charge in [0.1, 0.15) is 5.75 Å². The van der Waals surface area contributed by atoms with Crippen molar-refractivity contribution in [3.05, 3.63) is 59.7 Å². The van der Waals surface area contributed by atoms with Crippen molar-refractivity contribution in [1.82, 2.24) is 0 Å². The lowest BCUT2D eigenvalue weighted by Crippen LogP contribution is -2.15. The fourth-order valence-electron chi connectivity index (χ4n) is 1.85. The van der Waals surface area contributed by atoms with Crippen molar-refractivity contribution in [2.45, 2.75) is 6.54 Å². The topological polar surface area (TPSA) is 64.3 Å². The SMILES string of the molecule is COc1cccc(NCc2ccccc2C(N)=O)c1. The van der Waals surface area contributed by atoms with Crippen LogP contribution in [0.15, 0.2) is 48.5 Å². The lowest BCUT2D eigenvalue weighted by atomic mass is 10.1. The number of rotatable bonds is 5. The summed E-state index contributed by atoms with van der Waals surface area (Å²) in [5, 5.41) is 3.24. The number of nitrogens with one attached hydrogen (secondary N) is 1. The summed E-state index contributed by atoms with van der Waals surface area (Å²) in [5.74, 6) is 0.372. The van der Waals surface area contributed by atoms with Gasteiger partial charge in [-0.2, -0.15) is 0 Å². The maximum atomic E-state index is 11.3. The van der Waals surface area contributed by atoms with Crippen LogP contribution in [-0.4, -0.2) is 13.0 Å². The molecule has 4 heteroatoms. The molecule has 0 radical (unpaired) electrons. The van der Waals surface area contributed by atoms with Crippen molar-refractivity contribution in [1.29, 1.82) is 0 Å². The molecule has 2 aromatic rings. The van der Waals surface area contributed by atoms with E-state index in [2.05, 4.69) is 5.32 Å². The highest BCUT2D eigenvalue weighted by atomic mass is 16.5. The van der Waals surface area contributed by atoms with Crippen LogP contribution < -0.4 is 15.8 Å². The Balaban J connectivity index is 2.12. The summed E-state index contributed by atoms with van der Waals surface area (Å²) < 4.78 is 5.15. The van der Waals surface area contributed by atoms with Crippen LogP contribution in [-0.2, 0) is 6.54 Å². The number of methoxy groups -OCH3 is 1. The second-order valence-corrected chi connectivity index (χ2v) is 4.11. The van der Waals surface area contributed by atoms with Crippen LogP contribution in [0.25, 0.3) is 0 Å². The fraction of sp³-hybridized carbons (Fsp3) is 0.133. The average Bonchev–Trinajstić information content (AvgIpc) is 2.45. The quantitative estimate of drug-likeness (QED) is 0.863. The molecule has 0 heterocycles. The van der Waals surface area contributed by atoms with Gasteiger partial charge in [0.05, 0.1) is 7.11 Å². The van der Waals surface area contributed by atoms with Crippen molar-refractivity contribution < 1.29 is 9.53 Å². The van der Waals surface area contributed by atoms with Gasteiger partial charge in [0, 0.05) is 23.9 Å². The number of carbonyl (C=O) groups is 1. The molecule has 0 bridgehead atoms. The molecule has 0 aliphatic heterocycles. The van der Waals surface area contributed by atoms with Gasteiger partial charge < -0.3 is 15.8 Å². The van der Waals surface area contributed by atoms with E-state index in [1.807, 2.05) is 36.4 Å². The summed E-state index contributed by atoms with van der Waals surface area (Å²) in [6.45, 7) is 0.534. The summed E-state index contributed by atoms with van der Waals surface area (Å²) >= 11 is 0. The van der Waals surface area contributed by atoms with Crippen molar-refractivity contribution >= 4 is 11.6 Å². The highest BCUT2D eigenvalue weighted by Crippen LogP contribution is 2.18. The molecule has 2 aromatic carbocycles. The van der Waals surface area contributed by atoms with Gasteiger partial charge >= 0.3 is 0 Å². The number of nitrogens with two attached hydrogens (primary N) is 1. The van der Waals surface area contributed by atoms with E-state index >= 15 is 0 Å². The number of ether oxygens (including phenoxy) is 1. The number of benzene rings is 2. The fourth-order valence-corrected chi connectivity index (χ4v) is 1.85. The van der Waals surface area contributed by atoms with Crippen LogP contribution in [0.3, 0.4) is 0 Å². The first kappa shape index (κ1) is 13.0. The Bertz CT molecular complexity index is 582. The third-order valence-electron chi connectivity index (χ3n) is 2.84. The molecule has 4 nitrogen and oxygen atoms in total. The molecule has 19 heavy (non-hydrogen) atoms. The molecular formula is C15H16N2O2. The Labute approximate surface area is 112 Å². The van der Waals surface area contributed by atoms with Crippen molar-refractivity contribution in [2.24, 2.45) is 5.73 Å². The Morgan fingerprint density at radius 2 is 2.00 bits per heavy atom. The van der Waals surface area contributed by atoms with Crippen LogP contribution in [0, 0.1) is 0 Å². The van der Waals surface area contributed by atoms with E-state index < -0.39 is 5.91 Å². The zero-order valence-electron chi connectivity index (χ0n) is 10.7. The van der Waals surface area contributed by atoms with Gasteiger partial charge in [-0.3, -0.25) is 4.79 Å². The first-order valence-electron chi connectivity index (χ1n) is 5.96. The molecule has 0 spiro atoms. The smallest absolute Gasteiger partial charge is 0.249 e. The van der Waals surface area contributed by atoms with Crippen LogP contribution >= 0.6 is 0 Å². The number of anilines is 1. The molecule has 1 amide bonds. The Morgan fingerprint density at radius 1 is 1.21 bits per heavy atom. The van der Waals surface area contributed by atoms with Gasteiger partial charge in [-0.15, -0.1) is 0 Å². The number of primary amides is 1. The van der Waals surface area contributed by atoms with Crippen molar-refractivity contribution in [3.8, 4) is 5.75 Å². The number of hydrogen-bond donors (Lipinski definition) is 2. The minimum absolute atomic E-state index is 0.414. The largest absolute Gasteiger partial charge is 0.497 e. The van der Waals surface area contributed by atoms with E-state index in [1.54, 1.807) is 19.2 Å². The van der Waals surface area contributed by atoms with Gasteiger partial charge in [-0.1, -0.05) is 24.3 Å². The van der Waals surface area contributed by atoms with Gasteiger partial charge in [-0.05, 0) is 23.8 Å². The Hall–Kier alpha value is -2.49. The highest BCUT2D eigenvalue weighted by Gasteiger charge is 2.06. The van der Waals surface area contributed by atoms with Crippen LogP contribution in [0.5, 0.6) is 5.75 Å². The molecular weight excluding hydrogens is 240 g/mol. The standard InChI is InChI=1S/C15H16N2O2/c1-19-13-7-4-6-12(9-13)17-10-11-5-2-3-8-14(11)15(16)18/h2-9,17H,10H2,1H3,(H2,16,18). The number of amides is 1. The third-order valence-corrected chi connectivity index (χ3v) is 2.84. The molecule has 3 N–H and O–H groups in total. The van der Waals surface area contributed by atoms with E-state index in [4.69, 9.17) is 10.5 Å². The second-order valence-electron chi connectivity index (χ2n) is 4.11. The van der Waals surface area contributed by atoms with E-state index in [1.165, 1.54) is 0 Å². The first-order chi connectivity index (χ1) is 9.20. The molecule has 0 aromatic heterocycles. The summed E-state index contributed by atoms with van der Waals surface area (Å²) in [5.41, 5.74) is 7.68. The van der Waals surface area contributed by atoms with Crippen LogP contribution in [0.1, 0.15) is 15.9 Å². The zero-order chi connectivity index (χ0) is 13.7. The summed E-state index contributed by atoms with van der Waals surface area (Å²) in [6.07, 6.45) is 0. The summed E-state index contributed by atoms with van der Waals surface area (Å²) in [6, 6.07) is 14.9. The monoisotopic (exact) mass is 256 g/mol. The van der Waals surface area contributed by atoms with Gasteiger partial charge in [0.2, 0.25) is 5.91 Å². The molecule has 0 saturated heterocycles. The van der Waals surface area contributed by atoms with E-state index in [-0.39, 0.29) is 0 Å². The molecule has 2 rings (SSSR count). The molecule has 0 aliphatic rings. The first-order valence-corrected chi connectivity index (χ1v) is 5.96. The molecule has 98 valence electrons. The predicted octanol–water partition coefficient (Wildman–Crippen LogP) is 2.41. The molecule has 0 saturated carbocycles. The van der Waals surface area contributed by atoms with Gasteiger partial charge in [0.25, 0.3) is 0 Å². The third kappa shape index (κ3) is 3.25. The molecule has 0 unspecified atom stereocenters. The Kier molecular flexibility index (Phi) is 4.03. The number of hydrogen-bond acceptors (Lipinski definition) is 3. The van der Waals surface area contributed by atoms with Crippen molar-refractivity contribution in [3.63, 3.8) is 0 Å². The molecule has 0 fully saturated rings. The summed E-state index contributed by atoms with van der Waals surface area (Å²) in [4.78, 5) is 11.3. The summed E-state index contributed by atoms with van der Waals surface area (Å²) in [7, 11) is 1.63. The lowest BCUT2D eigenvalue weighted by molar-refractivity contribution is 0.0999. The van der Waals surface area contributed by atoms with E-state index in [0.29, 0.717) is 12.1 Å². The number of carbonyl (C=O) groups excluding carboxylic acids is 1. The lowest BCUT2D eigenvalue weighted by Gasteiger charge is -2.10. The minimum atomic E-state index is -0.414. The van der Waals surface area contributed by atoms with Crippen LogP contribution in [0.2, 0.25) is 0 Å². The minimum Gasteiger partial charge on any atom is -0.497 e. The van der Waals surface area contributed by atoms with Crippen LogP contribution in [0.4, 0.5) is 5.69 Å². The maximum absolute atomic E-state index is 11.3. The Morgan fingerprint density at radius 3 is 2.74 bits per heavy atom. The maximum Gasteiger partial charge on any atom is 0.249 e. The van der Waals surface area contributed by atoms with Gasteiger partial charge in [0.15, 0.2) is 0 Å². The van der Waals surface area contributed by atoms with Crippen molar-refractivity contribution in [2.75, 3.05) is 12.4 Å². The van der Waals surface area contributed by atoms with E-state index in [0.717, 1.165) is 17.0 Å². The molecule has 0 atom stereocenters. The predicted molar refractivity (Wildman–Crippen MR) is 75.3 cm³/mol.